The molecular weight excluding hydrogens is 382 g/mol. The number of nitrogens with one attached hydrogen (secondary N) is 1. The second kappa shape index (κ2) is 8.53. The van der Waals surface area contributed by atoms with Crippen molar-refractivity contribution in [3.05, 3.63) is 90.9 Å². The average molecular weight is 399 g/mol. The van der Waals surface area contributed by atoms with Crippen LogP contribution in [0.1, 0.15) is 10.4 Å². The predicted molar refractivity (Wildman–Crippen MR) is 114 cm³/mol. The van der Waals surface area contributed by atoms with Gasteiger partial charge in [-0.15, -0.1) is 0 Å². The summed E-state index contributed by atoms with van der Waals surface area (Å²) in [5.41, 5.74) is 8.30. The number of hydrogen-bond acceptors (Lipinski definition) is 6. The average Bonchev–Trinajstić information content (AvgIpc) is 2.76. The Balaban J connectivity index is 1.48. The van der Waals surface area contributed by atoms with Crippen molar-refractivity contribution < 1.29 is 4.79 Å². The van der Waals surface area contributed by atoms with Crippen molar-refractivity contribution in [2.24, 2.45) is 5.73 Å². The second-order valence-electron chi connectivity index (χ2n) is 6.15. The van der Waals surface area contributed by atoms with E-state index in [4.69, 9.17) is 5.73 Å². The molecule has 2 aromatic heterocycles. The Morgan fingerprint density at radius 1 is 0.897 bits per heavy atom. The lowest BCUT2D eigenvalue weighted by Crippen LogP contribution is -2.10. The smallest absolute Gasteiger partial charge is 0.248 e. The minimum atomic E-state index is -0.458. The molecule has 1 amide bonds. The van der Waals surface area contributed by atoms with E-state index >= 15 is 0 Å². The first-order valence-electron chi connectivity index (χ1n) is 8.86. The third kappa shape index (κ3) is 4.77. The van der Waals surface area contributed by atoms with E-state index in [1.807, 2.05) is 36.5 Å². The molecule has 0 spiro atoms. The lowest BCUT2D eigenvalue weighted by Gasteiger charge is -2.08. The Morgan fingerprint density at radius 3 is 2.38 bits per heavy atom. The molecular formula is C22H17N5OS. The number of amides is 1. The zero-order valence-corrected chi connectivity index (χ0v) is 16.1. The third-order valence-electron chi connectivity index (χ3n) is 4.10. The maximum atomic E-state index is 11.2. The molecule has 0 fully saturated rings. The molecule has 6 nitrogen and oxygen atoms in total. The van der Waals surface area contributed by atoms with Gasteiger partial charge in [-0.25, -0.2) is 9.97 Å². The normalized spacial score (nSPS) is 10.5. The van der Waals surface area contributed by atoms with Gasteiger partial charge in [-0.05, 0) is 54.6 Å². The zero-order chi connectivity index (χ0) is 20.1. The Labute approximate surface area is 172 Å². The van der Waals surface area contributed by atoms with Gasteiger partial charge in [0.05, 0.1) is 5.69 Å². The number of hydrogen-bond donors (Lipinski definition) is 2. The van der Waals surface area contributed by atoms with E-state index in [0.717, 1.165) is 26.7 Å². The van der Waals surface area contributed by atoms with Crippen LogP contribution in [0.15, 0.2) is 95.1 Å². The topological polar surface area (TPSA) is 93.8 Å². The van der Waals surface area contributed by atoms with Crippen LogP contribution in [-0.2, 0) is 0 Å². The van der Waals surface area contributed by atoms with Gasteiger partial charge in [0.2, 0.25) is 11.9 Å². The van der Waals surface area contributed by atoms with Crippen molar-refractivity contribution in [1.29, 1.82) is 0 Å². The fraction of sp³-hybridized carbons (Fsp3) is 0. The first-order valence-corrected chi connectivity index (χ1v) is 9.67. The van der Waals surface area contributed by atoms with Gasteiger partial charge in [0.1, 0.15) is 0 Å². The monoisotopic (exact) mass is 399 g/mol. The van der Waals surface area contributed by atoms with Gasteiger partial charge < -0.3 is 11.1 Å². The summed E-state index contributed by atoms with van der Waals surface area (Å²) in [5, 5.41) is 3.14. The lowest BCUT2D eigenvalue weighted by atomic mass is 10.1. The predicted octanol–water partition coefficient (Wildman–Crippen LogP) is 4.53. The first kappa shape index (κ1) is 18.6. The highest BCUT2D eigenvalue weighted by Crippen LogP contribution is 2.29. The van der Waals surface area contributed by atoms with E-state index in [0.29, 0.717) is 11.5 Å². The minimum Gasteiger partial charge on any atom is -0.366 e. The number of primary amides is 1. The molecule has 7 heteroatoms. The number of carbonyl (C=O) groups excluding carboxylic acids is 1. The number of pyridine rings is 1. The number of rotatable bonds is 6. The van der Waals surface area contributed by atoms with Gasteiger partial charge in [-0.3, -0.25) is 9.78 Å². The molecule has 4 rings (SSSR count). The van der Waals surface area contributed by atoms with Crippen LogP contribution in [0.2, 0.25) is 0 Å². The van der Waals surface area contributed by atoms with E-state index < -0.39 is 5.91 Å². The molecule has 0 bridgehead atoms. The van der Waals surface area contributed by atoms with Gasteiger partial charge in [0.25, 0.3) is 0 Å². The Hall–Kier alpha value is -3.71. The number of benzene rings is 2. The van der Waals surface area contributed by atoms with Crippen molar-refractivity contribution in [3.63, 3.8) is 0 Å². The van der Waals surface area contributed by atoms with E-state index in [2.05, 4.69) is 32.4 Å². The maximum Gasteiger partial charge on any atom is 0.248 e. The number of nitrogens with zero attached hydrogens (tertiary/aromatic N) is 3. The first-order chi connectivity index (χ1) is 14.2. The summed E-state index contributed by atoms with van der Waals surface area (Å²) in [6, 6.07) is 20.9. The lowest BCUT2D eigenvalue weighted by molar-refractivity contribution is 0.100. The molecule has 0 radical (unpaired) electrons. The fourth-order valence-corrected chi connectivity index (χ4v) is 3.47. The van der Waals surface area contributed by atoms with Gasteiger partial charge >= 0.3 is 0 Å². The molecule has 0 saturated carbocycles. The van der Waals surface area contributed by atoms with Crippen molar-refractivity contribution in [2.75, 3.05) is 5.32 Å². The quantitative estimate of drug-likeness (QED) is 0.495. The fourth-order valence-electron chi connectivity index (χ4n) is 2.66. The molecule has 2 heterocycles. The molecule has 4 aromatic rings. The highest BCUT2D eigenvalue weighted by Gasteiger charge is 2.05. The van der Waals surface area contributed by atoms with Crippen LogP contribution in [0.25, 0.3) is 11.3 Å². The molecule has 29 heavy (non-hydrogen) atoms. The molecule has 0 aliphatic rings. The van der Waals surface area contributed by atoms with E-state index in [-0.39, 0.29) is 0 Å². The Morgan fingerprint density at radius 2 is 1.69 bits per heavy atom. The number of aromatic nitrogens is 3. The van der Waals surface area contributed by atoms with Crippen LogP contribution in [0.3, 0.4) is 0 Å². The van der Waals surface area contributed by atoms with Gasteiger partial charge in [0.15, 0.2) is 0 Å². The van der Waals surface area contributed by atoms with Gasteiger partial charge in [-0.1, -0.05) is 23.9 Å². The zero-order valence-electron chi connectivity index (χ0n) is 15.3. The van der Waals surface area contributed by atoms with Crippen LogP contribution in [-0.4, -0.2) is 20.9 Å². The van der Waals surface area contributed by atoms with Crippen molar-refractivity contribution in [2.45, 2.75) is 9.79 Å². The summed E-state index contributed by atoms with van der Waals surface area (Å²) < 4.78 is 0. The van der Waals surface area contributed by atoms with E-state index in [1.54, 1.807) is 48.4 Å². The molecule has 3 N–H and O–H groups in total. The molecule has 0 atom stereocenters. The van der Waals surface area contributed by atoms with Gasteiger partial charge in [0, 0.05) is 45.2 Å². The molecule has 0 saturated heterocycles. The van der Waals surface area contributed by atoms with E-state index in [1.165, 1.54) is 0 Å². The Bertz CT molecular complexity index is 1120. The van der Waals surface area contributed by atoms with Crippen LogP contribution < -0.4 is 11.1 Å². The summed E-state index contributed by atoms with van der Waals surface area (Å²) in [6.07, 6.45) is 5.32. The van der Waals surface area contributed by atoms with Crippen LogP contribution >= 0.6 is 11.8 Å². The second-order valence-corrected chi connectivity index (χ2v) is 7.29. The van der Waals surface area contributed by atoms with Crippen LogP contribution in [0.5, 0.6) is 0 Å². The van der Waals surface area contributed by atoms with Crippen molar-refractivity contribution in [1.82, 2.24) is 15.0 Å². The third-order valence-corrected chi connectivity index (χ3v) is 5.09. The standard InChI is InChI=1S/C22H17N5OS/c23-21(28)16-3-7-17(8-4-16)26-22-25-13-11-20(27-22)15-5-9-18(10-6-15)29-19-2-1-12-24-14-19/h1-14H,(H2,23,28)(H,25,26,27). The molecule has 0 aliphatic heterocycles. The highest BCUT2D eigenvalue weighted by molar-refractivity contribution is 7.99. The summed E-state index contributed by atoms with van der Waals surface area (Å²) >= 11 is 1.66. The summed E-state index contributed by atoms with van der Waals surface area (Å²) in [5.74, 6) is 0.0167. The largest absolute Gasteiger partial charge is 0.366 e. The van der Waals surface area contributed by atoms with Crippen molar-refractivity contribution in [3.8, 4) is 11.3 Å². The number of carbonyl (C=O) groups is 1. The highest BCUT2D eigenvalue weighted by atomic mass is 32.2. The van der Waals surface area contributed by atoms with Crippen molar-refractivity contribution >= 4 is 29.3 Å². The van der Waals surface area contributed by atoms with E-state index in [9.17, 15) is 4.79 Å². The van der Waals surface area contributed by atoms with Crippen LogP contribution in [0, 0.1) is 0 Å². The number of nitrogens with two attached hydrogens (primary N) is 1. The Kier molecular flexibility index (Phi) is 5.49. The summed E-state index contributed by atoms with van der Waals surface area (Å²) in [6.45, 7) is 0. The van der Waals surface area contributed by atoms with Crippen LogP contribution in [0.4, 0.5) is 11.6 Å². The van der Waals surface area contributed by atoms with Gasteiger partial charge in [-0.2, -0.15) is 0 Å². The molecule has 142 valence electrons. The molecule has 2 aromatic carbocycles. The molecule has 0 unspecified atom stereocenters. The SMILES string of the molecule is NC(=O)c1ccc(Nc2nccc(-c3ccc(Sc4cccnc4)cc3)n2)cc1. The molecule has 0 aliphatic carbocycles. The summed E-state index contributed by atoms with van der Waals surface area (Å²) in [4.78, 5) is 26.4. The number of anilines is 2. The minimum absolute atomic E-state index is 0.453. The summed E-state index contributed by atoms with van der Waals surface area (Å²) in [7, 11) is 0. The maximum absolute atomic E-state index is 11.2.